The summed E-state index contributed by atoms with van der Waals surface area (Å²) in [6, 6.07) is 10.3. The van der Waals surface area contributed by atoms with Crippen LogP contribution in [0.25, 0.3) is 0 Å². The maximum atomic E-state index is 13.2. The Morgan fingerprint density at radius 3 is 2.39 bits per heavy atom. The number of nitrogens with zero attached hydrogens (tertiary/aromatic N) is 2. The number of benzene rings is 1. The number of hydrogen-bond donors (Lipinski definition) is 1. The fraction of sp³-hybridized carbons (Fsp3) is 0.692. The molecule has 2 aliphatic rings. The number of piperazine rings is 1. The zero-order valence-electron chi connectivity index (χ0n) is 19.7. The molecule has 2 aliphatic heterocycles. The lowest BCUT2D eigenvalue weighted by Gasteiger charge is -2.52. The summed E-state index contributed by atoms with van der Waals surface area (Å²) < 4.78 is 0. The third kappa shape index (κ3) is 5.88. The van der Waals surface area contributed by atoms with Crippen LogP contribution in [-0.2, 0) is 16.0 Å². The van der Waals surface area contributed by atoms with E-state index in [1.165, 1.54) is 24.8 Å². The van der Waals surface area contributed by atoms with Gasteiger partial charge in [0.25, 0.3) is 0 Å². The summed E-state index contributed by atoms with van der Waals surface area (Å²) in [5.74, 6) is 0.591. The van der Waals surface area contributed by atoms with Gasteiger partial charge in [-0.05, 0) is 63.0 Å². The second kappa shape index (κ2) is 11.1. The van der Waals surface area contributed by atoms with Gasteiger partial charge in [0, 0.05) is 19.6 Å². The standard InChI is InChI=1S/C26H41N3O2/c1-4-16-29-24(30)23(20-21(2)3)27-25(31)26(29)14-18-28(19-15-26)17-10-6-9-13-22-11-7-5-8-12-22/h5,7-8,11-12,21,23H,4,6,9-10,13-20H2,1-3H3,(H,27,31)/t23-/m0/s1. The predicted octanol–water partition coefficient (Wildman–Crippen LogP) is 4.02. The minimum atomic E-state index is -0.635. The third-order valence-corrected chi connectivity index (χ3v) is 6.93. The Bertz CT molecular complexity index is 711. The maximum absolute atomic E-state index is 13.2. The van der Waals surface area contributed by atoms with Crippen molar-refractivity contribution in [3.8, 4) is 0 Å². The Morgan fingerprint density at radius 2 is 1.74 bits per heavy atom. The average molecular weight is 428 g/mol. The van der Waals surface area contributed by atoms with Crippen molar-refractivity contribution < 1.29 is 9.59 Å². The van der Waals surface area contributed by atoms with E-state index in [0.29, 0.717) is 12.5 Å². The van der Waals surface area contributed by atoms with Gasteiger partial charge in [0.05, 0.1) is 0 Å². The normalized spacial score (nSPS) is 21.7. The van der Waals surface area contributed by atoms with Gasteiger partial charge in [-0.1, -0.05) is 57.5 Å². The van der Waals surface area contributed by atoms with Crippen LogP contribution in [0.2, 0.25) is 0 Å². The summed E-state index contributed by atoms with van der Waals surface area (Å²) >= 11 is 0. The molecule has 2 saturated heterocycles. The molecule has 0 radical (unpaired) electrons. The summed E-state index contributed by atoms with van der Waals surface area (Å²) in [7, 11) is 0. The Kier molecular flexibility index (Phi) is 8.53. The van der Waals surface area contributed by atoms with Gasteiger partial charge in [-0.15, -0.1) is 0 Å². The number of unbranched alkanes of at least 4 members (excludes halogenated alkanes) is 2. The van der Waals surface area contributed by atoms with Gasteiger partial charge in [0.1, 0.15) is 11.6 Å². The number of rotatable bonds is 10. The topological polar surface area (TPSA) is 52.7 Å². The van der Waals surface area contributed by atoms with E-state index in [1.807, 2.05) is 4.90 Å². The van der Waals surface area contributed by atoms with Crippen LogP contribution in [0.1, 0.15) is 71.3 Å². The Balaban J connectivity index is 1.49. The Hall–Kier alpha value is -1.88. The van der Waals surface area contributed by atoms with Gasteiger partial charge in [0.15, 0.2) is 0 Å². The molecule has 5 nitrogen and oxygen atoms in total. The smallest absolute Gasteiger partial charge is 0.246 e. The lowest BCUT2D eigenvalue weighted by Crippen LogP contribution is -2.73. The van der Waals surface area contributed by atoms with Crippen molar-refractivity contribution >= 4 is 11.8 Å². The minimum Gasteiger partial charge on any atom is -0.342 e. The van der Waals surface area contributed by atoms with Crippen molar-refractivity contribution in [1.82, 2.24) is 15.1 Å². The average Bonchev–Trinajstić information content (AvgIpc) is 2.76. The zero-order chi connectivity index (χ0) is 22.3. The monoisotopic (exact) mass is 427 g/mol. The SMILES string of the molecule is CCCN1C(=O)[C@H](CC(C)C)NC(=O)C12CCN(CCCCCc1ccccc1)CC2. The number of likely N-dealkylation sites (tertiary alicyclic amines) is 1. The van der Waals surface area contributed by atoms with E-state index >= 15 is 0 Å². The summed E-state index contributed by atoms with van der Waals surface area (Å²) in [5.41, 5.74) is 0.784. The van der Waals surface area contributed by atoms with Gasteiger partial charge in [0.2, 0.25) is 11.8 Å². The molecule has 0 saturated carbocycles. The molecule has 3 rings (SSSR count). The molecule has 0 bridgehead atoms. The number of nitrogens with one attached hydrogen (secondary N) is 1. The number of carbonyl (C=O) groups excluding carboxylic acids is 2. The van der Waals surface area contributed by atoms with Crippen molar-refractivity contribution in [3.63, 3.8) is 0 Å². The molecule has 1 N–H and O–H groups in total. The molecule has 0 unspecified atom stereocenters. The molecule has 1 aromatic carbocycles. The molecule has 5 heteroatoms. The van der Waals surface area contributed by atoms with Gasteiger partial charge in [-0.3, -0.25) is 9.59 Å². The molecule has 31 heavy (non-hydrogen) atoms. The first kappa shape index (κ1) is 23.8. The van der Waals surface area contributed by atoms with Crippen LogP contribution in [0.5, 0.6) is 0 Å². The van der Waals surface area contributed by atoms with E-state index in [-0.39, 0.29) is 17.9 Å². The molecular weight excluding hydrogens is 386 g/mol. The highest BCUT2D eigenvalue weighted by molar-refractivity contribution is 6.00. The zero-order valence-corrected chi connectivity index (χ0v) is 19.7. The molecule has 1 aromatic rings. The first-order valence-electron chi connectivity index (χ1n) is 12.3. The van der Waals surface area contributed by atoms with E-state index in [1.54, 1.807) is 0 Å². The van der Waals surface area contributed by atoms with Crippen LogP contribution in [0, 0.1) is 5.92 Å². The highest BCUT2D eigenvalue weighted by Crippen LogP contribution is 2.34. The minimum absolute atomic E-state index is 0.0775. The number of carbonyl (C=O) groups is 2. The molecule has 0 aliphatic carbocycles. The summed E-state index contributed by atoms with van der Waals surface area (Å²) in [6.07, 6.45) is 7.91. The highest BCUT2D eigenvalue weighted by atomic mass is 16.2. The largest absolute Gasteiger partial charge is 0.342 e. The molecule has 2 amide bonds. The number of hydrogen-bond acceptors (Lipinski definition) is 3. The van der Waals surface area contributed by atoms with Crippen molar-refractivity contribution in [3.05, 3.63) is 35.9 Å². The lowest BCUT2D eigenvalue weighted by molar-refractivity contribution is -0.161. The fourth-order valence-corrected chi connectivity index (χ4v) is 5.18. The van der Waals surface area contributed by atoms with Crippen LogP contribution < -0.4 is 5.32 Å². The molecule has 2 heterocycles. The molecule has 0 aromatic heterocycles. The van der Waals surface area contributed by atoms with Crippen molar-refractivity contribution in [2.75, 3.05) is 26.2 Å². The predicted molar refractivity (Wildman–Crippen MR) is 126 cm³/mol. The van der Waals surface area contributed by atoms with Crippen LogP contribution >= 0.6 is 0 Å². The van der Waals surface area contributed by atoms with Crippen LogP contribution in [0.4, 0.5) is 0 Å². The van der Waals surface area contributed by atoms with Gasteiger partial charge in [-0.2, -0.15) is 0 Å². The first-order valence-corrected chi connectivity index (χ1v) is 12.3. The second-order valence-corrected chi connectivity index (χ2v) is 9.81. The summed E-state index contributed by atoms with van der Waals surface area (Å²) in [5, 5.41) is 3.09. The van der Waals surface area contributed by atoms with E-state index in [4.69, 9.17) is 0 Å². The van der Waals surface area contributed by atoms with Crippen LogP contribution in [-0.4, -0.2) is 59.4 Å². The molecule has 1 atom stereocenters. The van der Waals surface area contributed by atoms with Crippen molar-refractivity contribution in [2.45, 2.75) is 83.7 Å². The number of amides is 2. The van der Waals surface area contributed by atoms with Crippen molar-refractivity contribution in [2.24, 2.45) is 5.92 Å². The number of piperidine rings is 1. The van der Waals surface area contributed by atoms with E-state index in [2.05, 4.69) is 61.3 Å². The van der Waals surface area contributed by atoms with Gasteiger partial charge in [-0.25, -0.2) is 0 Å². The second-order valence-electron chi connectivity index (χ2n) is 9.81. The van der Waals surface area contributed by atoms with Gasteiger partial charge < -0.3 is 15.1 Å². The van der Waals surface area contributed by atoms with Crippen molar-refractivity contribution in [1.29, 1.82) is 0 Å². The highest BCUT2D eigenvalue weighted by Gasteiger charge is 2.53. The fourth-order valence-electron chi connectivity index (χ4n) is 5.18. The molecule has 172 valence electrons. The maximum Gasteiger partial charge on any atom is 0.246 e. The van der Waals surface area contributed by atoms with Gasteiger partial charge >= 0.3 is 0 Å². The first-order chi connectivity index (χ1) is 15.0. The molecule has 2 fully saturated rings. The quantitative estimate of drug-likeness (QED) is 0.574. The summed E-state index contributed by atoms with van der Waals surface area (Å²) in [6.45, 7) is 9.86. The lowest BCUT2D eigenvalue weighted by atomic mass is 9.80. The van der Waals surface area contributed by atoms with Crippen LogP contribution in [0.3, 0.4) is 0 Å². The third-order valence-electron chi connectivity index (χ3n) is 6.93. The molecule has 1 spiro atoms. The summed E-state index contributed by atoms with van der Waals surface area (Å²) in [4.78, 5) is 30.8. The Labute approximate surface area is 188 Å². The van der Waals surface area contributed by atoms with E-state index in [0.717, 1.165) is 51.7 Å². The van der Waals surface area contributed by atoms with E-state index < -0.39 is 5.54 Å². The Morgan fingerprint density at radius 1 is 1.03 bits per heavy atom. The van der Waals surface area contributed by atoms with E-state index in [9.17, 15) is 9.59 Å². The van der Waals surface area contributed by atoms with Crippen LogP contribution in [0.15, 0.2) is 30.3 Å². The number of aryl methyl sites for hydroxylation is 1. The molecular formula is C26H41N3O2.